The lowest BCUT2D eigenvalue weighted by Gasteiger charge is -2.23. The van der Waals surface area contributed by atoms with Gasteiger partial charge < -0.3 is 14.5 Å². The maximum atomic E-state index is 11.5. The fourth-order valence-electron chi connectivity index (χ4n) is 0.872. The van der Waals surface area contributed by atoms with Crippen LogP contribution in [0.15, 0.2) is 22.8 Å². The number of rotatable bonds is 3. The highest BCUT2D eigenvalue weighted by atomic mass is 35.6. The summed E-state index contributed by atoms with van der Waals surface area (Å²) in [6.45, 7) is 0. The summed E-state index contributed by atoms with van der Waals surface area (Å²) in [5, 5.41) is 2.36. The van der Waals surface area contributed by atoms with Crippen LogP contribution in [-0.4, -0.2) is 23.0 Å². The average molecular weight is 273 g/mol. The Labute approximate surface area is 101 Å². The Bertz CT molecular complexity index is 320. The van der Waals surface area contributed by atoms with Gasteiger partial charge in [-0.3, -0.25) is 4.79 Å². The highest BCUT2D eigenvalue weighted by Gasteiger charge is 2.34. The number of carbonyl (C=O) groups excluding carboxylic acids is 1. The molecule has 0 saturated heterocycles. The summed E-state index contributed by atoms with van der Waals surface area (Å²) in [7, 11) is 1.31. The summed E-state index contributed by atoms with van der Waals surface area (Å²) in [5.74, 6) is -0.399. The summed E-state index contributed by atoms with van der Waals surface area (Å²) in [6, 6.07) is 3.06. The second kappa shape index (κ2) is 5.07. The monoisotopic (exact) mass is 271 g/mol. The summed E-state index contributed by atoms with van der Waals surface area (Å²) in [5.41, 5.74) is 0. The zero-order valence-corrected chi connectivity index (χ0v) is 9.94. The standard InChI is InChI=1S/C8H8Cl3NO3/c1-14-7(8(9,10)11)12-6(13)5-3-2-4-15-5/h2-4,7H,1H3,(H,12,13). The van der Waals surface area contributed by atoms with Crippen LogP contribution in [0.3, 0.4) is 0 Å². The minimum absolute atomic E-state index is 0.117. The summed E-state index contributed by atoms with van der Waals surface area (Å²) < 4.78 is 7.93. The van der Waals surface area contributed by atoms with Crippen molar-refractivity contribution in [3.63, 3.8) is 0 Å². The summed E-state index contributed by atoms with van der Waals surface area (Å²) in [4.78, 5) is 11.5. The van der Waals surface area contributed by atoms with Crippen LogP contribution < -0.4 is 5.32 Å². The molecule has 1 aromatic rings. The maximum Gasteiger partial charge on any atom is 0.289 e. The van der Waals surface area contributed by atoms with Crippen molar-refractivity contribution in [2.24, 2.45) is 0 Å². The molecule has 15 heavy (non-hydrogen) atoms. The minimum Gasteiger partial charge on any atom is -0.459 e. The predicted molar refractivity (Wildman–Crippen MR) is 57.3 cm³/mol. The molecule has 1 N–H and O–H groups in total. The van der Waals surface area contributed by atoms with Gasteiger partial charge in [0.15, 0.2) is 12.0 Å². The van der Waals surface area contributed by atoms with E-state index in [1.807, 2.05) is 0 Å². The normalized spacial score (nSPS) is 13.6. The third kappa shape index (κ3) is 3.57. The number of alkyl halides is 3. The number of nitrogens with one attached hydrogen (secondary N) is 1. The van der Waals surface area contributed by atoms with Gasteiger partial charge in [0.05, 0.1) is 6.26 Å². The van der Waals surface area contributed by atoms with Gasteiger partial charge in [-0.15, -0.1) is 0 Å². The van der Waals surface area contributed by atoms with Crippen molar-refractivity contribution in [2.45, 2.75) is 10.0 Å². The van der Waals surface area contributed by atoms with E-state index < -0.39 is 15.9 Å². The molecule has 0 aliphatic rings. The zero-order valence-electron chi connectivity index (χ0n) is 7.67. The largest absolute Gasteiger partial charge is 0.459 e. The quantitative estimate of drug-likeness (QED) is 0.679. The number of methoxy groups -OCH3 is 1. The van der Waals surface area contributed by atoms with Gasteiger partial charge in [-0.2, -0.15) is 0 Å². The van der Waals surface area contributed by atoms with E-state index in [1.165, 1.54) is 19.4 Å². The van der Waals surface area contributed by atoms with Crippen molar-refractivity contribution >= 4 is 40.7 Å². The van der Waals surface area contributed by atoms with Crippen molar-refractivity contribution in [1.29, 1.82) is 0 Å². The molecule has 0 spiro atoms. The van der Waals surface area contributed by atoms with Gasteiger partial charge in [0.1, 0.15) is 0 Å². The van der Waals surface area contributed by atoms with Crippen LogP contribution in [0.5, 0.6) is 0 Å². The van der Waals surface area contributed by atoms with Gasteiger partial charge in [0.25, 0.3) is 5.91 Å². The molecule has 1 heterocycles. The van der Waals surface area contributed by atoms with E-state index in [2.05, 4.69) is 5.32 Å². The molecule has 0 aliphatic heterocycles. The van der Waals surface area contributed by atoms with Crippen LogP contribution in [0.4, 0.5) is 0 Å². The lowest BCUT2D eigenvalue weighted by molar-refractivity contribution is 0.0577. The molecule has 1 aromatic heterocycles. The Balaban J connectivity index is 2.65. The van der Waals surface area contributed by atoms with Crippen LogP contribution >= 0.6 is 34.8 Å². The van der Waals surface area contributed by atoms with Gasteiger partial charge >= 0.3 is 0 Å². The van der Waals surface area contributed by atoms with E-state index >= 15 is 0 Å². The zero-order chi connectivity index (χ0) is 11.5. The molecule has 1 rings (SSSR count). The van der Waals surface area contributed by atoms with Gasteiger partial charge in [0.2, 0.25) is 3.79 Å². The fourth-order valence-corrected chi connectivity index (χ4v) is 1.30. The Hall–Kier alpha value is -0.420. The number of hydrogen-bond donors (Lipinski definition) is 1. The van der Waals surface area contributed by atoms with E-state index in [0.717, 1.165) is 0 Å². The molecule has 4 nitrogen and oxygen atoms in total. The van der Waals surface area contributed by atoms with E-state index in [4.69, 9.17) is 44.0 Å². The van der Waals surface area contributed by atoms with Crippen molar-refractivity contribution in [2.75, 3.05) is 7.11 Å². The first-order chi connectivity index (χ1) is 6.95. The number of furan rings is 1. The molecule has 1 amide bonds. The molecule has 84 valence electrons. The van der Waals surface area contributed by atoms with E-state index in [1.54, 1.807) is 6.07 Å². The first-order valence-electron chi connectivity index (χ1n) is 3.89. The summed E-state index contributed by atoms with van der Waals surface area (Å²) in [6.07, 6.45) is 0.326. The topological polar surface area (TPSA) is 51.5 Å². The van der Waals surface area contributed by atoms with Gasteiger partial charge in [0, 0.05) is 7.11 Å². The van der Waals surface area contributed by atoms with Gasteiger partial charge in [-0.1, -0.05) is 34.8 Å². The fraction of sp³-hybridized carbons (Fsp3) is 0.375. The second-order valence-electron chi connectivity index (χ2n) is 2.61. The molecule has 7 heteroatoms. The smallest absolute Gasteiger partial charge is 0.289 e. The molecule has 0 bridgehead atoms. The Morgan fingerprint density at radius 2 is 2.27 bits per heavy atom. The molecule has 0 saturated carbocycles. The lowest BCUT2D eigenvalue weighted by atomic mass is 10.4. The molecule has 1 atom stereocenters. The van der Waals surface area contributed by atoms with Crippen LogP contribution in [0.2, 0.25) is 0 Å². The SMILES string of the molecule is COC(NC(=O)c1ccco1)C(Cl)(Cl)Cl. The number of hydrogen-bond acceptors (Lipinski definition) is 3. The van der Waals surface area contributed by atoms with Crippen LogP contribution in [0.1, 0.15) is 10.6 Å². The number of carbonyl (C=O) groups is 1. The molecule has 0 aromatic carbocycles. The first kappa shape index (κ1) is 12.6. The number of halogens is 3. The van der Waals surface area contributed by atoms with Gasteiger partial charge in [-0.05, 0) is 12.1 Å². The van der Waals surface area contributed by atoms with E-state index in [0.29, 0.717) is 0 Å². The first-order valence-corrected chi connectivity index (χ1v) is 5.02. The Morgan fingerprint density at radius 3 is 2.67 bits per heavy atom. The molecule has 0 radical (unpaired) electrons. The van der Waals surface area contributed by atoms with Crippen molar-refractivity contribution in [3.05, 3.63) is 24.2 Å². The van der Waals surface area contributed by atoms with Gasteiger partial charge in [-0.25, -0.2) is 0 Å². The van der Waals surface area contributed by atoms with Crippen LogP contribution in [-0.2, 0) is 4.74 Å². The second-order valence-corrected chi connectivity index (χ2v) is 4.98. The number of ether oxygens (including phenoxy) is 1. The third-order valence-electron chi connectivity index (χ3n) is 1.54. The highest BCUT2D eigenvalue weighted by Crippen LogP contribution is 2.30. The van der Waals surface area contributed by atoms with E-state index in [9.17, 15) is 4.79 Å². The average Bonchev–Trinajstić information content (AvgIpc) is 2.64. The third-order valence-corrected chi connectivity index (χ3v) is 2.13. The molecular weight excluding hydrogens is 264 g/mol. The van der Waals surface area contributed by atoms with Crippen molar-refractivity contribution in [3.8, 4) is 0 Å². The predicted octanol–water partition coefficient (Wildman–Crippen LogP) is 2.35. The minimum atomic E-state index is -1.74. The molecule has 0 aliphatic carbocycles. The lowest BCUT2D eigenvalue weighted by Crippen LogP contribution is -2.44. The number of amides is 1. The van der Waals surface area contributed by atoms with Crippen LogP contribution in [0, 0.1) is 0 Å². The molecule has 1 unspecified atom stereocenters. The van der Waals surface area contributed by atoms with E-state index in [-0.39, 0.29) is 5.76 Å². The Morgan fingerprint density at radius 1 is 1.60 bits per heavy atom. The summed E-state index contributed by atoms with van der Waals surface area (Å²) >= 11 is 16.7. The Kier molecular flexibility index (Phi) is 4.28. The molecule has 0 fully saturated rings. The maximum absolute atomic E-state index is 11.5. The van der Waals surface area contributed by atoms with Crippen molar-refractivity contribution in [1.82, 2.24) is 5.32 Å². The van der Waals surface area contributed by atoms with Crippen LogP contribution in [0.25, 0.3) is 0 Å². The van der Waals surface area contributed by atoms with Crippen molar-refractivity contribution < 1.29 is 13.9 Å². The molecular formula is C8H8Cl3NO3. The highest BCUT2D eigenvalue weighted by molar-refractivity contribution is 6.68.